The van der Waals surface area contributed by atoms with Crippen molar-refractivity contribution in [2.45, 2.75) is 38.5 Å². The standard InChI is InChI=1S/C22H22ClF3N8O2S/c1-11(32-20(36)17-12(18(27)31-10-30-17)9-34-4-2-3-5-34)21-29-8-15(37-21)19(35)33-16-6-13(22(24,25)26)14(23)7-28-16/h6-8,10-11H,2-5,9H2,1H3,(H,32,36)(H2,27,30,31)(H,28,33,35). The Morgan fingerprint density at radius 1 is 1.16 bits per heavy atom. The second-order valence-corrected chi connectivity index (χ2v) is 9.80. The number of thiazole rings is 1. The first-order chi connectivity index (χ1) is 17.5. The number of carbonyl (C=O) groups is 2. The van der Waals surface area contributed by atoms with Crippen LogP contribution in [0.1, 0.15) is 62.1 Å². The molecule has 10 nitrogen and oxygen atoms in total. The third kappa shape index (κ3) is 6.32. The number of alkyl halides is 3. The van der Waals surface area contributed by atoms with E-state index in [1.807, 2.05) is 0 Å². The lowest BCUT2D eigenvalue weighted by Crippen LogP contribution is -2.30. The zero-order valence-electron chi connectivity index (χ0n) is 19.5. The van der Waals surface area contributed by atoms with Crippen molar-refractivity contribution < 1.29 is 22.8 Å². The number of halogens is 4. The molecule has 0 aromatic carbocycles. The van der Waals surface area contributed by atoms with Gasteiger partial charge in [-0.1, -0.05) is 11.6 Å². The van der Waals surface area contributed by atoms with Crippen molar-refractivity contribution in [3.63, 3.8) is 0 Å². The molecular formula is C22H22ClF3N8O2S. The topological polar surface area (TPSA) is 139 Å². The van der Waals surface area contributed by atoms with Crippen LogP contribution in [0.2, 0.25) is 5.02 Å². The molecule has 196 valence electrons. The van der Waals surface area contributed by atoms with Crippen molar-refractivity contribution in [2.75, 3.05) is 24.1 Å². The van der Waals surface area contributed by atoms with Gasteiger partial charge in [0.2, 0.25) is 0 Å². The lowest BCUT2D eigenvalue weighted by molar-refractivity contribution is -0.137. The van der Waals surface area contributed by atoms with Crippen molar-refractivity contribution in [1.29, 1.82) is 0 Å². The molecule has 2 amide bonds. The van der Waals surface area contributed by atoms with E-state index in [4.69, 9.17) is 17.3 Å². The van der Waals surface area contributed by atoms with E-state index in [2.05, 4.69) is 35.5 Å². The van der Waals surface area contributed by atoms with Gasteiger partial charge in [0, 0.05) is 18.3 Å². The lowest BCUT2D eigenvalue weighted by atomic mass is 10.1. The van der Waals surface area contributed by atoms with E-state index in [1.54, 1.807) is 6.92 Å². The molecule has 15 heteroatoms. The molecule has 4 N–H and O–H groups in total. The highest BCUT2D eigenvalue weighted by Gasteiger charge is 2.34. The van der Waals surface area contributed by atoms with Gasteiger partial charge in [-0.05, 0) is 38.9 Å². The van der Waals surface area contributed by atoms with Crippen LogP contribution >= 0.6 is 22.9 Å². The van der Waals surface area contributed by atoms with Gasteiger partial charge in [-0.3, -0.25) is 14.5 Å². The molecule has 1 aliphatic rings. The molecule has 4 rings (SSSR count). The van der Waals surface area contributed by atoms with Crippen molar-refractivity contribution in [2.24, 2.45) is 0 Å². The summed E-state index contributed by atoms with van der Waals surface area (Å²) in [6.07, 6.45) is 0.748. The summed E-state index contributed by atoms with van der Waals surface area (Å²) < 4.78 is 39.2. The summed E-state index contributed by atoms with van der Waals surface area (Å²) in [5.74, 6) is -1.26. The van der Waals surface area contributed by atoms with E-state index < -0.39 is 34.6 Å². The van der Waals surface area contributed by atoms with Crippen LogP contribution in [0.4, 0.5) is 24.8 Å². The van der Waals surface area contributed by atoms with Gasteiger partial charge in [-0.2, -0.15) is 13.2 Å². The highest BCUT2D eigenvalue weighted by atomic mass is 35.5. The second kappa shape index (κ2) is 10.9. The molecule has 1 unspecified atom stereocenters. The number of nitrogen functional groups attached to an aromatic ring is 1. The zero-order chi connectivity index (χ0) is 26.7. The lowest BCUT2D eigenvalue weighted by Gasteiger charge is -2.18. The van der Waals surface area contributed by atoms with Gasteiger partial charge in [-0.25, -0.2) is 19.9 Å². The number of hydrogen-bond acceptors (Lipinski definition) is 9. The Hall–Kier alpha value is -3.36. The Balaban J connectivity index is 1.44. The molecule has 1 atom stereocenters. The molecule has 1 saturated heterocycles. The number of carbonyl (C=O) groups excluding carboxylic acids is 2. The van der Waals surface area contributed by atoms with Crippen molar-refractivity contribution >= 4 is 46.4 Å². The average Bonchev–Trinajstić information content (AvgIpc) is 3.53. The number of nitrogens with two attached hydrogens (primary N) is 1. The third-order valence-corrected chi connectivity index (χ3v) is 7.12. The molecule has 0 aliphatic carbocycles. The van der Waals surface area contributed by atoms with E-state index in [-0.39, 0.29) is 22.2 Å². The van der Waals surface area contributed by atoms with Crippen LogP contribution in [-0.4, -0.2) is 49.7 Å². The number of nitrogens with one attached hydrogen (secondary N) is 2. The molecule has 4 heterocycles. The van der Waals surface area contributed by atoms with Gasteiger partial charge in [0.1, 0.15) is 33.5 Å². The number of amides is 2. The fourth-order valence-electron chi connectivity index (χ4n) is 3.76. The molecule has 3 aromatic rings. The van der Waals surface area contributed by atoms with E-state index in [9.17, 15) is 22.8 Å². The van der Waals surface area contributed by atoms with Crippen LogP contribution in [0.25, 0.3) is 0 Å². The van der Waals surface area contributed by atoms with Crippen LogP contribution in [0, 0.1) is 0 Å². The van der Waals surface area contributed by atoms with Crippen molar-refractivity contribution in [3.8, 4) is 0 Å². The summed E-state index contributed by atoms with van der Waals surface area (Å²) in [6.45, 7) is 3.94. The Kier molecular flexibility index (Phi) is 7.90. The number of nitrogens with zero attached hydrogens (tertiary/aromatic N) is 5. The molecular weight excluding hydrogens is 533 g/mol. The largest absolute Gasteiger partial charge is 0.418 e. The maximum Gasteiger partial charge on any atom is 0.418 e. The summed E-state index contributed by atoms with van der Waals surface area (Å²) in [6, 6.07) is 0.0541. The van der Waals surface area contributed by atoms with Crippen molar-refractivity contribution in [3.05, 3.63) is 56.5 Å². The molecule has 1 fully saturated rings. The minimum atomic E-state index is -4.70. The molecule has 3 aromatic heterocycles. The van der Waals surface area contributed by atoms with Crippen LogP contribution in [0.15, 0.2) is 24.8 Å². The van der Waals surface area contributed by atoms with Gasteiger partial charge in [0.25, 0.3) is 11.8 Å². The summed E-state index contributed by atoms with van der Waals surface area (Å²) in [7, 11) is 0. The van der Waals surface area contributed by atoms with Crippen LogP contribution in [0.5, 0.6) is 0 Å². The van der Waals surface area contributed by atoms with E-state index >= 15 is 0 Å². The van der Waals surface area contributed by atoms with E-state index in [0.29, 0.717) is 23.2 Å². The van der Waals surface area contributed by atoms with Gasteiger partial charge in [0.05, 0.1) is 22.8 Å². The van der Waals surface area contributed by atoms with Gasteiger partial charge in [0.15, 0.2) is 0 Å². The second-order valence-electron chi connectivity index (χ2n) is 8.33. The first-order valence-corrected chi connectivity index (χ1v) is 12.3. The minimum absolute atomic E-state index is 0.113. The number of aromatic nitrogens is 4. The smallest absolute Gasteiger partial charge is 0.383 e. The van der Waals surface area contributed by atoms with Crippen molar-refractivity contribution in [1.82, 2.24) is 30.2 Å². The zero-order valence-corrected chi connectivity index (χ0v) is 21.0. The summed E-state index contributed by atoms with van der Waals surface area (Å²) >= 11 is 6.54. The Labute approximate surface area is 218 Å². The SMILES string of the molecule is CC(NC(=O)c1ncnc(N)c1CN1CCCC1)c1ncc(C(=O)Nc2cc(C(F)(F)F)c(Cl)cn2)s1. The number of rotatable bonds is 7. The molecule has 0 radical (unpaired) electrons. The Morgan fingerprint density at radius 2 is 1.89 bits per heavy atom. The van der Waals surface area contributed by atoms with Crippen LogP contribution in [-0.2, 0) is 12.7 Å². The highest BCUT2D eigenvalue weighted by molar-refractivity contribution is 7.13. The van der Waals surface area contributed by atoms with Crippen LogP contribution in [0.3, 0.4) is 0 Å². The number of hydrogen-bond donors (Lipinski definition) is 3. The van der Waals surface area contributed by atoms with Crippen LogP contribution < -0.4 is 16.4 Å². The van der Waals surface area contributed by atoms with Gasteiger partial charge < -0.3 is 16.4 Å². The fourth-order valence-corrected chi connectivity index (χ4v) is 4.79. The number of likely N-dealkylation sites (tertiary alicyclic amines) is 1. The van der Waals surface area contributed by atoms with E-state index in [1.165, 1.54) is 12.5 Å². The van der Waals surface area contributed by atoms with Gasteiger partial charge >= 0.3 is 6.18 Å². The molecule has 0 saturated carbocycles. The normalized spacial score (nSPS) is 14.9. The highest BCUT2D eigenvalue weighted by Crippen LogP contribution is 2.35. The Bertz CT molecular complexity index is 1310. The predicted octanol–water partition coefficient (Wildman–Crippen LogP) is 3.92. The molecule has 37 heavy (non-hydrogen) atoms. The maximum absolute atomic E-state index is 13.1. The Morgan fingerprint density at radius 3 is 2.59 bits per heavy atom. The molecule has 1 aliphatic heterocycles. The first-order valence-electron chi connectivity index (χ1n) is 11.1. The monoisotopic (exact) mass is 554 g/mol. The van der Waals surface area contributed by atoms with Gasteiger partial charge in [-0.15, -0.1) is 11.3 Å². The molecule has 0 bridgehead atoms. The maximum atomic E-state index is 13.1. The summed E-state index contributed by atoms with van der Waals surface area (Å²) in [5.41, 5.74) is 5.62. The third-order valence-electron chi connectivity index (χ3n) is 5.64. The number of pyridine rings is 1. The first kappa shape index (κ1) is 26.7. The predicted molar refractivity (Wildman–Crippen MR) is 131 cm³/mol. The average molecular weight is 555 g/mol. The summed E-state index contributed by atoms with van der Waals surface area (Å²) in [5, 5.41) is 4.93. The number of anilines is 2. The fraction of sp³-hybridized carbons (Fsp3) is 0.364. The quantitative estimate of drug-likeness (QED) is 0.399. The van der Waals surface area contributed by atoms with E-state index in [0.717, 1.165) is 43.5 Å². The summed E-state index contributed by atoms with van der Waals surface area (Å²) in [4.78, 5) is 43.9. The molecule has 0 spiro atoms. The minimum Gasteiger partial charge on any atom is -0.383 e.